The van der Waals surface area contributed by atoms with Crippen LogP contribution in [0.3, 0.4) is 0 Å². The fraction of sp³-hybridized carbons (Fsp3) is 0.442. The number of hydrogen-bond donors (Lipinski definition) is 5. The minimum Gasteiger partial charge on any atom is -0.386 e. The van der Waals surface area contributed by atoms with Crippen molar-refractivity contribution in [2.75, 3.05) is 54.8 Å². The second kappa shape index (κ2) is 17.0. The van der Waals surface area contributed by atoms with Gasteiger partial charge in [0.1, 0.15) is 23.5 Å². The minimum atomic E-state index is -1.17. The van der Waals surface area contributed by atoms with Gasteiger partial charge in [0.2, 0.25) is 11.8 Å². The number of carbonyl (C=O) groups excluding carboxylic acids is 3. The topological polar surface area (TPSA) is 185 Å². The molecule has 3 aromatic heterocycles. The van der Waals surface area contributed by atoms with Crippen molar-refractivity contribution in [1.29, 1.82) is 5.26 Å². The predicted octanol–water partition coefficient (Wildman–Crippen LogP) is 4.82. The molecule has 9 rings (SSSR count). The molecule has 3 aliphatic heterocycles. The summed E-state index contributed by atoms with van der Waals surface area (Å²) < 4.78 is 32.7. The number of fused-ring (bicyclic) bond motifs is 2. The summed E-state index contributed by atoms with van der Waals surface area (Å²) in [6.45, 7) is 8.40. The van der Waals surface area contributed by atoms with E-state index >= 15 is 0 Å². The summed E-state index contributed by atoms with van der Waals surface area (Å²) >= 11 is 0. The Morgan fingerprint density at radius 3 is 2.40 bits per heavy atom. The Morgan fingerprint density at radius 1 is 0.983 bits per heavy atom. The molecule has 15 nitrogen and oxygen atoms in total. The molecule has 6 heterocycles. The van der Waals surface area contributed by atoms with Crippen LogP contribution in [0.15, 0.2) is 54.9 Å². The molecule has 5 aromatic rings. The van der Waals surface area contributed by atoms with Crippen molar-refractivity contribution < 1.29 is 28.3 Å². The SMILES string of the molecule is CC(C)(O)c1cc2nn(C3CCCCC3)cc2cc1NC(=O)c1ccc2cc(C#N)cnn12.O=C1CCC(Nc2cc(F)c(N3CC(N4CCNCC4)C3)c(F)c2)C(=O)N1. The summed E-state index contributed by atoms with van der Waals surface area (Å²) in [5, 5.41) is 41.1. The van der Waals surface area contributed by atoms with Crippen molar-refractivity contribution in [2.45, 2.75) is 82.5 Å². The monoisotopic (exact) mass is 821 g/mol. The zero-order valence-corrected chi connectivity index (χ0v) is 33.7. The van der Waals surface area contributed by atoms with Crippen LogP contribution in [0, 0.1) is 23.0 Å². The number of rotatable bonds is 8. The van der Waals surface area contributed by atoms with Crippen LogP contribution < -0.4 is 26.2 Å². The van der Waals surface area contributed by atoms with E-state index in [2.05, 4.69) is 37.3 Å². The second-order valence-electron chi connectivity index (χ2n) is 16.6. The predicted molar refractivity (Wildman–Crippen MR) is 222 cm³/mol. The maximum atomic E-state index is 14.6. The number of amides is 3. The van der Waals surface area contributed by atoms with E-state index in [1.807, 2.05) is 23.0 Å². The van der Waals surface area contributed by atoms with Gasteiger partial charge in [-0.15, -0.1) is 0 Å². The third-order valence-electron chi connectivity index (χ3n) is 11.8. The molecule has 4 fully saturated rings. The fourth-order valence-corrected chi connectivity index (χ4v) is 8.55. The smallest absolute Gasteiger partial charge is 0.274 e. The van der Waals surface area contributed by atoms with Crippen molar-refractivity contribution in [3.05, 3.63) is 83.3 Å². The quantitative estimate of drug-likeness (QED) is 0.135. The van der Waals surface area contributed by atoms with Gasteiger partial charge in [-0.3, -0.25) is 29.3 Å². The van der Waals surface area contributed by atoms with E-state index in [4.69, 9.17) is 10.4 Å². The average Bonchev–Trinajstić information content (AvgIpc) is 3.84. The molecule has 60 heavy (non-hydrogen) atoms. The Kier molecular flexibility index (Phi) is 11.5. The number of aliphatic hydroxyl groups is 1. The average molecular weight is 822 g/mol. The van der Waals surface area contributed by atoms with E-state index in [0.29, 0.717) is 59.6 Å². The van der Waals surface area contributed by atoms with Crippen LogP contribution in [-0.4, -0.2) is 98.5 Å². The lowest BCUT2D eigenvalue weighted by Crippen LogP contribution is -2.63. The molecule has 1 saturated carbocycles. The molecule has 1 aliphatic carbocycles. The Morgan fingerprint density at radius 2 is 1.72 bits per heavy atom. The van der Waals surface area contributed by atoms with Crippen molar-refractivity contribution in [3.8, 4) is 6.07 Å². The van der Waals surface area contributed by atoms with E-state index in [9.17, 15) is 28.3 Å². The van der Waals surface area contributed by atoms with Crippen LogP contribution in [0.5, 0.6) is 0 Å². The third kappa shape index (κ3) is 8.67. The molecule has 3 amide bonds. The fourth-order valence-electron chi connectivity index (χ4n) is 8.55. The number of benzene rings is 2. The molecule has 1 atom stereocenters. The van der Waals surface area contributed by atoms with Crippen LogP contribution in [0.2, 0.25) is 0 Å². The number of nitriles is 1. The maximum Gasteiger partial charge on any atom is 0.274 e. The molecule has 17 heteroatoms. The highest BCUT2D eigenvalue weighted by atomic mass is 19.1. The molecule has 2 aromatic carbocycles. The highest BCUT2D eigenvalue weighted by Crippen LogP contribution is 2.35. The Hall–Kier alpha value is -5.96. The molecule has 1 unspecified atom stereocenters. The Bertz CT molecular complexity index is 2450. The van der Waals surface area contributed by atoms with Gasteiger partial charge in [0.15, 0.2) is 11.6 Å². The first-order valence-electron chi connectivity index (χ1n) is 20.6. The number of aromatic nitrogens is 4. The second-order valence-corrected chi connectivity index (χ2v) is 16.6. The zero-order chi connectivity index (χ0) is 42.1. The van der Waals surface area contributed by atoms with Crippen molar-refractivity contribution in [1.82, 2.24) is 34.9 Å². The van der Waals surface area contributed by atoms with E-state index in [0.717, 1.165) is 49.9 Å². The minimum absolute atomic E-state index is 0.0183. The standard InChI is InChI=1S/C25H26N6O2.C18H23F2N5O2/c1-25(2,33)20-12-21-17(15-30(29-21)18-6-4-3-5-7-18)11-22(20)28-24(32)23-9-8-19-10-16(13-26)14-27-31(19)23;19-13-7-11(22-15-1-2-16(26)23-18(15)27)8-14(20)17(13)25-9-12(10-25)24-5-3-21-4-6-24/h8-12,14-15,18,33H,3-7H2,1-2H3,(H,28,32);7-8,12,15,21-22H,1-6,9-10H2,(H,23,26,27). The number of nitrogens with one attached hydrogen (secondary N) is 4. The van der Waals surface area contributed by atoms with Crippen molar-refractivity contribution in [3.63, 3.8) is 0 Å². The number of halogens is 2. The van der Waals surface area contributed by atoms with E-state index in [-0.39, 0.29) is 29.6 Å². The van der Waals surface area contributed by atoms with E-state index < -0.39 is 29.2 Å². The lowest BCUT2D eigenvalue weighted by atomic mass is 9.95. The third-order valence-corrected chi connectivity index (χ3v) is 11.8. The van der Waals surface area contributed by atoms with Crippen LogP contribution in [0.1, 0.15) is 86.5 Å². The van der Waals surface area contributed by atoms with Crippen molar-refractivity contribution in [2.24, 2.45) is 0 Å². The summed E-state index contributed by atoms with van der Waals surface area (Å²) in [4.78, 5) is 40.2. The number of imide groups is 1. The van der Waals surface area contributed by atoms with Gasteiger partial charge in [0.25, 0.3) is 5.91 Å². The molecule has 0 radical (unpaired) electrons. The number of carbonyl (C=O) groups is 3. The summed E-state index contributed by atoms with van der Waals surface area (Å²) in [5.41, 5.74) is 2.36. The number of anilines is 3. The molecular weight excluding hydrogens is 773 g/mol. The van der Waals surface area contributed by atoms with Crippen LogP contribution in [0.4, 0.5) is 25.8 Å². The summed E-state index contributed by atoms with van der Waals surface area (Å²) in [7, 11) is 0. The molecule has 5 N–H and O–H groups in total. The first-order chi connectivity index (χ1) is 28.8. The summed E-state index contributed by atoms with van der Waals surface area (Å²) in [6, 6.07) is 13.3. The van der Waals surface area contributed by atoms with E-state index in [1.165, 1.54) is 42.1 Å². The number of hydrogen-bond acceptors (Lipinski definition) is 11. The molecular formula is C43H49F2N11O4. The van der Waals surface area contributed by atoms with Crippen LogP contribution in [-0.2, 0) is 15.2 Å². The van der Waals surface area contributed by atoms with Gasteiger partial charge in [-0.05, 0) is 75.6 Å². The summed E-state index contributed by atoms with van der Waals surface area (Å²) in [6.07, 6.45) is 9.91. The highest BCUT2D eigenvalue weighted by molar-refractivity contribution is 6.05. The highest BCUT2D eigenvalue weighted by Gasteiger charge is 2.36. The molecule has 3 saturated heterocycles. The van der Waals surface area contributed by atoms with Crippen molar-refractivity contribution >= 4 is 51.2 Å². The van der Waals surface area contributed by atoms with Gasteiger partial charge in [0, 0.05) is 80.3 Å². The number of nitrogens with zero attached hydrogens (tertiary/aromatic N) is 7. The van der Waals surface area contributed by atoms with Gasteiger partial charge in [-0.25, -0.2) is 13.3 Å². The molecule has 4 aliphatic rings. The van der Waals surface area contributed by atoms with Gasteiger partial charge in [-0.2, -0.15) is 15.5 Å². The van der Waals surface area contributed by atoms with Gasteiger partial charge in [0.05, 0.1) is 34.4 Å². The Labute approximate surface area is 345 Å². The first-order valence-corrected chi connectivity index (χ1v) is 20.6. The lowest BCUT2D eigenvalue weighted by molar-refractivity contribution is -0.133. The lowest BCUT2D eigenvalue weighted by Gasteiger charge is -2.48. The zero-order valence-electron chi connectivity index (χ0n) is 33.7. The number of piperidine rings is 1. The molecule has 0 bridgehead atoms. The van der Waals surface area contributed by atoms with Gasteiger partial charge in [-0.1, -0.05) is 19.3 Å². The Balaban J connectivity index is 0.000000170. The maximum absolute atomic E-state index is 14.6. The number of piperazine rings is 1. The van der Waals surface area contributed by atoms with Crippen LogP contribution >= 0.6 is 0 Å². The largest absolute Gasteiger partial charge is 0.386 e. The molecule has 0 spiro atoms. The molecule has 314 valence electrons. The summed E-state index contributed by atoms with van der Waals surface area (Å²) in [5.74, 6) is -2.45. The normalized spacial score (nSPS) is 19.3. The first kappa shape index (κ1) is 40.8. The van der Waals surface area contributed by atoms with Gasteiger partial charge >= 0.3 is 0 Å². The van der Waals surface area contributed by atoms with Gasteiger partial charge < -0.3 is 26.0 Å². The van der Waals surface area contributed by atoms with Crippen LogP contribution in [0.25, 0.3) is 16.4 Å². The van der Waals surface area contributed by atoms with E-state index in [1.54, 1.807) is 36.9 Å².